The van der Waals surface area contributed by atoms with E-state index in [4.69, 9.17) is 37.5 Å². The van der Waals surface area contributed by atoms with Crippen LogP contribution >= 0.6 is 8.53 Å². The molecule has 6 aromatic rings. The molecule has 0 saturated heterocycles. The molecule has 0 aromatic heterocycles. The number of hydrogen-bond acceptors (Lipinski definition) is 10. The molecule has 0 unspecified atom stereocenters. The summed E-state index contributed by atoms with van der Waals surface area (Å²) in [4.78, 5) is 0. The van der Waals surface area contributed by atoms with Crippen molar-refractivity contribution in [2.45, 2.75) is 63.5 Å². The summed E-state index contributed by atoms with van der Waals surface area (Å²) < 4.78 is 53.5. The van der Waals surface area contributed by atoms with E-state index in [9.17, 15) is 5.26 Å². The van der Waals surface area contributed by atoms with E-state index in [-0.39, 0.29) is 38.3 Å². The van der Waals surface area contributed by atoms with Crippen LogP contribution in [-0.2, 0) is 48.7 Å². The third-order valence-electron chi connectivity index (χ3n) is 11.4. The summed E-state index contributed by atoms with van der Waals surface area (Å²) in [5, 5.41) is 9.30. The molecule has 0 aliphatic rings. The first kappa shape index (κ1) is 53.2. The topological polar surface area (TPSA) is 101 Å². The predicted molar refractivity (Wildman–Crippen MR) is 274 cm³/mol. The molecule has 69 heavy (non-hydrogen) atoms. The summed E-state index contributed by atoms with van der Waals surface area (Å²) in [5.41, 5.74) is 4.59. The molecular weight excluding hydrogens is 884 g/mol. The highest BCUT2D eigenvalue weighted by molar-refractivity contribution is 7.44. The van der Waals surface area contributed by atoms with Crippen LogP contribution < -0.4 is 0 Å². The molecule has 0 N–H and O–H groups in total. The molecule has 0 saturated carbocycles. The van der Waals surface area contributed by atoms with Crippen molar-refractivity contribution in [1.29, 1.82) is 5.26 Å². The van der Waals surface area contributed by atoms with Gasteiger partial charge >= 0.3 is 0 Å². The van der Waals surface area contributed by atoms with Crippen molar-refractivity contribution in [2.24, 2.45) is 0 Å². The summed E-state index contributed by atoms with van der Waals surface area (Å²) in [5.74, 6) is 0. The zero-order valence-electron chi connectivity index (χ0n) is 40.6. The minimum atomic E-state index is -1.53. The van der Waals surface area contributed by atoms with Crippen LogP contribution in [0.2, 0.25) is 0 Å². The zero-order chi connectivity index (χ0) is 48.4. The van der Waals surface area contributed by atoms with E-state index >= 15 is 0 Å². The number of nitriles is 1. The van der Waals surface area contributed by atoms with Crippen molar-refractivity contribution in [3.63, 3.8) is 0 Å². The fourth-order valence-corrected chi connectivity index (χ4v) is 10.1. The molecular formula is C58H69N2O8P. The van der Waals surface area contributed by atoms with Gasteiger partial charge in [-0.15, -0.1) is 0 Å². The van der Waals surface area contributed by atoms with E-state index in [1.807, 2.05) is 109 Å². The van der Waals surface area contributed by atoms with Gasteiger partial charge in [-0.25, -0.2) is 4.67 Å². The Hall–Kier alpha value is -5.12. The molecule has 6 rings (SSSR count). The van der Waals surface area contributed by atoms with Gasteiger partial charge in [0.2, 0.25) is 0 Å². The number of nitrogens with zero attached hydrogens (tertiary/aromatic N) is 2. The monoisotopic (exact) mass is 952 g/mol. The van der Waals surface area contributed by atoms with Gasteiger partial charge < -0.3 is 37.5 Å². The fourth-order valence-electron chi connectivity index (χ4n) is 8.44. The van der Waals surface area contributed by atoms with Crippen LogP contribution in [0.1, 0.15) is 67.5 Å². The van der Waals surface area contributed by atoms with Gasteiger partial charge in [-0.05, 0) is 61.1 Å². The molecule has 11 heteroatoms. The maximum absolute atomic E-state index is 9.30. The molecule has 0 aliphatic heterocycles. The van der Waals surface area contributed by atoms with E-state index < -0.39 is 25.8 Å². The lowest BCUT2D eigenvalue weighted by Crippen LogP contribution is -2.36. The highest BCUT2D eigenvalue weighted by Gasteiger charge is 2.39. The third kappa shape index (κ3) is 15.2. The third-order valence-corrected chi connectivity index (χ3v) is 13.6. The Kier molecular flexibility index (Phi) is 22.5. The second kappa shape index (κ2) is 29.2. The maximum Gasteiger partial charge on any atom is 0.259 e. The quantitative estimate of drug-likeness (QED) is 0.0231. The molecule has 10 nitrogen and oxygen atoms in total. The van der Waals surface area contributed by atoms with Crippen LogP contribution in [0, 0.1) is 11.3 Å². The Bertz CT molecular complexity index is 1960. The molecule has 0 spiro atoms. The SMILES string of the molecule is CC(C)N(C(C)C)[P@](OCCC#N)OC(COCCOCCOC(c1ccccc1)(c1ccccc1)c1ccccc1)COCCOCCOC(c1ccccc1)(c1ccccc1)c1ccccc1. The Morgan fingerprint density at radius 1 is 0.420 bits per heavy atom. The fraction of sp³-hybridized carbons (Fsp3) is 0.362. The van der Waals surface area contributed by atoms with Gasteiger partial charge in [0, 0.05) is 12.1 Å². The van der Waals surface area contributed by atoms with Gasteiger partial charge in [-0.3, -0.25) is 0 Å². The average molecular weight is 953 g/mol. The first-order valence-electron chi connectivity index (χ1n) is 24.1. The summed E-state index contributed by atoms with van der Waals surface area (Å²) >= 11 is 0. The highest BCUT2D eigenvalue weighted by atomic mass is 31.2. The smallest absolute Gasteiger partial charge is 0.259 e. The second-order valence-electron chi connectivity index (χ2n) is 16.9. The zero-order valence-corrected chi connectivity index (χ0v) is 41.5. The van der Waals surface area contributed by atoms with Crippen molar-refractivity contribution in [3.8, 4) is 6.07 Å². The number of ether oxygens (including phenoxy) is 6. The Balaban J connectivity index is 1.03. The van der Waals surface area contributed by atoms with Crippen LogP contribution in [0.5, 0.6) is 0 Å². The molecule has 0 bridgehead atoms. The lowest BCUT2D eigenvalue weighted by molar-refractivity contribution is -0.0556. The lowest BCUT2D eigenvalue weighted by Gasteiger charge is -2.37. The predicted octanol–water partition coefficient (Wildman–Crippen LogP) is 11.7. The van der Waals surface area contributed by atoms with Crippen LogP contribution in [0.15, 0.2) is 182 Å². The summed E-state index contributed by atoms with van der Waals surface area (Å²) in [7, 11) is -1.53. The first-order valence-corrected chi connectivity index (χ1v) is 25.2. The Morgan fingerprint density at radius 3 is 1.00 bits per heavy atom. The van der Waals surface area contributed by atoms with E-state index in [0.29, 0.717) is 52.9 Å². The van der Waals surface area contributed by atoms with Crippen LogP contribution in [-0.4, -0.2) is 95.5 Å². The van der Waals surface area contributed by atoms with Gasteiger partial charge in [0.05, 0.1) is 85.2 Å². The molecule has 1 atom stereocenters. The van der Waals surface area contributed by atoms with Crippen LogP contribution in [0.25, 0.3) is 0 Å². The van der Waals surface area contributed by atoms with Gasteiger partial charge in [0.1, 0.15) is 17.3 Å². The Labute approximate surface area is 412 Å². The van der Waals surface area contributed by atoms with Crippen molar-refractivity contribution >= 4 is 8.53 Å². The van der Waals surface area contributed by atoms with Crippen LogP contribution in [0.3, 0.4) is 0 Å². The first-order chi connectivity index (χ1) is 33.9. The van der Waals surface area contributed by atoms with Gasteiger partial charge in [-0.1, -0.05) is 182 Å². The van der Waals surface area contributed by atoms with Crippen molar-refractivity contribution in [2.75, 3.05) is 72.7 Å². The van der Waals surface area contributed by atoms with Gasteiger partial charge in [0.15, 0.2) is 0 Å². The minimum absolute atomic E-state index is 0.140. The van der Waals surface area contributed by atoms with Gasteiger partial charge in [0.25, 0.3) is 8.53 Å². The summed E-state index contributed by atoms with van der Waals surface area (Å²) in [6.07, 6.45) is -0.200. The average Bonchev–Trinajstić information content (AvgIpc) is 3.39. The molecule has 6 aromatic carbocycles. The van der Waals surface area contributed by atoms with E-state index in [1.54, 1.807) is 0 Å². The van der Waals surface area contributed by atoms with Crippen molar-refractivity contribution in [1.82, 2.24) is 4.67 Å². The summed E-state index contributed by atoms with van der Waals surface area (Å²) in [6, 6.07) is 64.4. The van der Waals surface area contributed by atoms with E-state index in [1.165, 1.54) is 0 Å². The molecule has 0 aliphatic carbocycles. The number of benzene rings is 6. The number of rotatable bonds is 32. The second-order valence-corrected chi connectivity index (χ2v) is 18.3. The van der Waals surface area contributed by atoms with Gasteiger partial charge in [-0.2, -0.15) is 5.26 Å². The lowest BCUT2D eigenvalue weighted by atomic mass is 9.80. The minimum Gasteiger partial charge on any atom is -0.377 e. The maximum atomic E-state index is 9.30. The normalized spacial score (nSPS) is 12.5. The Morgan fingerprint density at radius 2 is 0.710 bits per heavy atom. The molecule has 0 fully saturated rings. The van der Waals surface area contributed by atoms with Crippen LogP contribution in [0.4, 0.5) is 0 Å². The standard InChI is InChI=1S/C58H69N2O8P/c1-48(2)60(49(3)4)69(67-37-23-36-59)68-56(46-63-40-38-61-42-44-65-57(50-24-11-5-12-25-50,51-26-13-6-14-27-51)52-28-15-7-16-29-52)47-64-41-39-62-43-45-66-58(53-30-17-8-18-31-53,54-32-19-9-20-33-54)55-34-21-10-22-35-55/h5-22,24-35,48-49,56H,23,37-47H2,1-4H3/t69-/m1/s1. The molecule has 0 heterocycles. The molecule has 0 radical (unpaired) electrons. The molecule has 0 amide bonds. The van der Waals surface area contributed by atoms with E-state index in [2.05, 4.69) is 111 Å². The number of hydrogen-bond donors (Lipinski definition) is 0. The largest absolute Gasteiger partial charge is 0.377 e. The summed E-state index contributed by atoms with van der Waals surface area (Å²) in [6.45, 7) is 12.1. The highest BCUT2D eigenvalue weighted by Crippen LogP contribution is 2.47. The van der Waals surface area contributed by atoms with E-state index in [0.717, 1.165) is 33.4 Å². The van der Waals surface area contributed by atoms with Crippen molar-refractivity contribution in [3.05, 3.63) is 215 Å². The van der Waals surface area contributed by atoms with Crippen molar-refractivity contribution < 1.29 is 37.5 Å². The molecule has 364 valence electrons.